The Morgan fingerprint density at radius 2 is 2.28 bits per heavy atom. The Kier molecular flexibility index (Phi) is 4.61. The van der Waals surface area contributed by atoms with Crippen molar-refractivity contribution in [2.45, 2.75) is 43.7 Å². The minimum atomic E-state index is -0.279. The van der Waals surface area contributed by atoms with E-state index in [4.69, 9.17) is 11.6 Å². The molecule has 1 aliphatic rings. The molecule has 1 aromatic rings. The van der Waals surface area contributed by atoms with Crippen molar-refractivity contribution in [1.82, 2.24) is 5.32 Å². The normalized spacial score (nSPS) is 23.7. The van der Waals surface area contributed by atoms with E-state index < -0.39 is 0 Å². The lowest BCUT2D eigenvalue weighted by molar-refractivity contribution is 0.0849. The summed E-state index contributed by atoms with van der Waals surface area (Å²) >= 11 is 5.75. The van der Waals surface area contributed by atoms with Crippen LogP contribution in [0.5, 0.6) is 0 Å². The summed E-state index contributed by atoms with van der Waals surface area (Å²) in [6.45, 7) is 0. The van der Waals surface area contributed by atoms with Gasteiger partial charge >= 0.3 is 0 Å². The zero-order valence-electron chi connectivity index (χ0n) is 10.2. The Hall–Kier alpha value is -1.06. The first kappa shape index (κ1) is 13.4. The van der Waals surface area contributed by atoms with Crippen LogP contribution in [0.15, 0.2) is 24.3 Å². The fraction of sp³-hybridized carbons (Fsp3) is 0.500. The molecule has 2 rings (SSSR count). The van der Waals surface area contributed by atoms with E-state index in [0.29, 0.717) is 17.9 Å². The van der Waals surface area contributed by atoms with Gasteiger partial charge in [-0.2, -0.15) is 0 Å². The highest BCUT2D eigenvalue weighted by atomic mass is 35.5. The molecule has 18 heavy (non-hydrogen) atoms. The summed E-state index contributed by atoms with van der Waals surface area (Å²) in [4.78, 5) is 12.1. The second-order valence-corrected chi connectivity index (χ2v) is 5.09. The fourth-order valence-electron chi connectivity index (χ4n) is 2.36. The molecule has 0 aliphatic heterocycles. The van der Waals surface area contributed by atoms with Gasteiger partial charge in [0, 0.05) is 17.5 Å². The van der Waals surface area contributed by atoms with Gasteiger partial charge in [0.2, 0.25) is 0 Å². The smallest absolute Gasteiger partial charge is 0.251 e. The lowest BCUT2D eigenvalue weighted by atomic mass is 9.93. The van der Waals surface area contributed by atoms with Crippen molar-refractivity contribution in [2.75, 3.05) is 0 Å². The summed E-state index contributed by atoms with van der Waals surface area (Å²) in [5, 5.41) is 12.6. The summed E-state index contributed by atoms with van der Waals surface area (Å²) in [7, 11) is 0. The van der Waals surface area contributed by atoms with Crippen LogP contribution in [0.25, 0.3) is 0 Å². The third-order valence-corrected chi connectivity index (χ3v) is 3.63. The number of hydrogen-bond donors (Lipinski definition) is 2. The molecule has 0 heterocycles. The van der Waals surface area contributed by atoms with Gasteiger partial charge in [0.05, 0.1) is 6.10 Å². The van der Waals surface area contributed by atoms with Crippen LogP contribution in [0.4, 0.5) is 0 Å². The maximum Gasteiger partial charge on any atom is 0.251 e. The van der Waals surface area contributed by atoms with Crippen LogP contribution in [0.3, 0.4) is 0 Å². The Labute approximate surface area is 112 Å². The summed E-state index contributed by atoms with van der Waals surface area (Å²) in [5.74, 6) is 0.324. The van der Waals surface area contributed by atoms with Crippen molar-refractivity contribution in [3.8, 4) is 0 Å². The maximum absolute atomic E-state index is 12.1. The van der Waals surface area contributed by atoms with E-state index in [1.54, 1.807) is 6.07 Å². The van der Waals surface area contributed by atoms with Crippen LogP contribution in [0, 0.1) is 0 Å². The lowest BCUT2D eigenvalue weighted by Crippen LogP contribution is -2.39. The van der Waals surface area contributed by atoms with Gasteiger partial charge in [0.25, 0.3) is 5.91 Å². The van der Waals surface area contributed by atoms with E-state index in [9.17, 15) is 9.90 Å². The molecule has 4 heteroatoms. The Morgan fingerprint density at radius 3 is 3.00 bits per heavy atom. The molecule has 0 saturated heterocycles. The maximum atomic E-state index is 12.1. The average Bonchev–Trinajstić information content (AvgIpc) is 2.39. The monoisotopic (exact) mass is 267 g/mol. The van der Waals surface area contributed by atoms with Gasteiger partial charge in [0.15, 0.2) is 0 Å². The zero-order chi connectivity index (χ0) is 13.0. The number of amides is 1. The van der Waals surface area contributed by atoms with Gasteiger partial charge in [0.1, 0.15) is 0 Å². The average molecular weight is 268 g/mol. The minimum Gasteiger partial charge on any atom is -0.393 e. The highest BCUT2D eigenvalue weighted by Gasteiger charge is 2.21. The van der Waals surface area contributed by atoms with Crippen molar-refractivity contribution in [3.63, 3.8) is 0 Å². The van der Waals surface area contributed by atoms with Crippen LogP contribution in [-0.2, 0) is 5.88 Å². The Balaban J connectivity index is 1.98. The second-order valence-electron chi connectivity index (χ2n) is 4.82. The molecule has 0 radical (unpaired) electrons. The first-order valence-corrected chi connectivity index (χ1v) is 6.86. The molecule has 1 aromatic carbocycles. The summed E-state index contributed by atoms with van der Waals surface area (Å²) < 4.78 is 0. The number of rotatable bonds is 3. The molecule has 2 atom stereocenters. The molecule has 1 aliphatic carbocycles. The van der Waals surface area contributed by atoms with Crippen molar-refractivity contribution >= 4 is 17.5 Å². The van der Waals surface area contributed by atoms with Gasteiger partial charge in [-0.1, -0.05) is 12.1 Å². The molecule has 98 valence electrons. The Morgan fingerprint density at radius 1 is 1.44 bits per heavy atom. The molecular formula is C14H18ClNO2. The van der Waals surface area contributed by atoms with Crippen molar-refractivity contribution in [1.29, 1.82) is 0 Å². The summed E-state index contributed by atoms with van der Waals surface area (Å²) in [6, 6.07) is 7.41. The van der Waals surface area contributed by atoms with Crippen LogP contribution >= 0.6 is 11.6 Å². The van der Waals surface area contributed by atoms with Gasteiger partial charge < -0.3 is 10.4 Å². The first-order valence-electron chi connectivity index (χ1n) is 6.33. The molecule has 0 bridgehead atoms. The topological polar surface area (TPSA) is 49.3 Å². The number of aliphatic hydroxyl groups is 1. The molecule has 1 saturated carbocycles. The number of alkyl halides is 1. The third-order valence-electron chi connectivity index (χ3n) is 3.33. The molecule has 0 aromatic heterocycles. The molecule has 3 nitrogen and oxygen atoms in total. The number of nitrogens with one attached hydrogen (secondary N) is 1. The van der Waals surface area contributed by atoms with E-state index in [2.05, 4.69) is 5.32 Å². The number of hydrogen-bond acceptors (Lipinski definition) is 2. The summed E-state index contributed by atoms with van der Waals surface area (Å²) in [5.41, 5.74) is 1.57. The Bertz CT molecular complexity index is 422. The molecule has 2 N–H and O–H groups in total. The predicted octanol–water partition coefficient (Wildman–Crippen LogP) is 2.46. The quantitative estimate of drug-likeness (QED) is 0.827. The highest BCUT2D eigenvalue weighted by molar-refractivity contribution is 6.17. The van der Waals surface area contributed by atoms with E-state index in [0.717, 1.165) is 24.8 Å². The van der Waals surface area contributed by atoms with E-state index in [-0.39, 0.29) is 18.1 Å². The lowest BCUT2D eigenvalue weighted by Gasteiger charge is -2.26. The first-order chi connectivity index (χ1) is 8.69. The standard InChI is InChI=1S/C14H18ClNO2/c15-9-10-3-1-4-11(7-10)14(18)16-12-5-2-6-13(17)8-12/h1,3-4,7,12-13,17H,2,5-6,8-9H2,(H,16,18). The number of carbonyl (C=O) groups is 1. The number of carbonyl (C=O) groups excluding carboxylic acids is 1. The molecular weight excluding hydrogens is 250 g/mol. The van der Waals surface area contributed by atoms with Gasteiger partial charge in [-0.15, -0.1) is 11.6 Å². The minimum absolute atomic E-state index is 0.0823. The largest absolute Gasteiger partial charge is 0.393 e. The van der Waals surface area contributed by atoms with Crippen LogP contribution in [0.2, 0.25) is 0 Å². The van der Waals surface area contributed by atoms with Gasteiger partial charge in [-0.05, 0) is 43.4 Å². The third kappa shape index (κ3) is 3.47. The zero-order valence-corrected chi connectivity index (χ0v) is 11.0. The van der Waals surface area contributed by atoms with E-state index in [1.807, 2.05) is 18.2 Å². The predicted molar refractivity (Wildman–Crippen MR) is 71.7 cm³/mol. The van der Waals surface area contributed by atoms with E-state index >= 15 is 0 Å². The molecule has 1 fully saturated rings. The number of benzene rings is 1. The van der Waals surface area contributed by atoms with Crippen molar-refractivity contribution in [2.24, 2.45) is 0 Å². The van der Waals surface area contributed by atoms with Crippen LogP contribution in [0.1, 0.15) is 41.6 Å². The second kappa shape index (κ2) is 6.21. The van der Waals surface area contributed by atoms with Crippen LogP contribution < -0.4 is 5.32 Å². The molecule has 0 spiro atoms. The highest BCUT2D eigenvalue weighted by Crippen LogP contribution is 2.19. The van der Waals surface area contributed by atoms with Gasteiger partial charge in [-0.3, -0.25) is 4.79 Å². The number of halogens is 1. The number of aliphatic hydroxyl groups excluding tert-OH is 1. The fourth-order valence-corrected chi connectivity index (χ4v) is 2.53. The summed E-state index contributed by atoms with van der Waals surface area (Å²) in [6.07, 6.45) is 3.12. The molecule has 2 unspecified atom stereocenters. The van der Waals surface area contributed by atoms with Crippen molar-refractivity contribution in [3.05, 3.63) is 35.4 Å². The van der Waals surface area contributed by atoms with E-state index in [1.165, 1.54) is 0 Å². The van der Waals surface area contributed by atoms with Crippen LogP contribution in [-0.4, -0.2) is 23.2 Å². The SMILES string of the molecule is O=C(NC1CCCC(O)C1)c1cccc(CCl)c1. The van der Waals surface area contributed by atoms with Crippen molar-refractivity contribution < 1.29 is 9.90 Å². The van der Waals surface area contributed by atoms with Gasteiger partial charge in [-0.25, -0.2) is 0 Å². The molecule has 1 amide bonds.